The van der Waals surface area contributed by atoms with Crippen LogP contribution in [0.1, 0.15) is 5.56 Å². The largest absolute Gasteiger partial charge is 0.398 e. The Labute approximate surface area is 115 Å². The zero-order valence-corrected chi connectivity index (χ0v) is 12.1. The number of sulfone groups is 1. The van der Waals surface area contributed by atoms with Gasteiger partial charge in [0, 0.05) is 4.47 Å². The number of nitrogens with two attached hydrogens (primary N) is 1. The third-order valence-electron chi connectivity index (χ3n) is 2.60. The summed E-state index contributed by atoms with van der Waals surface area (Å²) < 4.78 is 25.5. The van der Waals surface area contributed by atoms with Crippen LogP contribution in [0, 0.1) is 6.92 Å². The third-order valence-corrected chi connectivity index (χ3v) is 4.92. The highest BCUT2D eigenvalue weighted by atomic mass is 79.9. The van der Waals surface area contributed by atoms with Crippen LogP contribution in [0.3, 0.4) is 0 Å². The van der Waals surface area contributed by atoms with E-state index in [9.17, 15) is 8.42 Å². The minimum atomic E-state index is -3.56. The van der Waals surface area contributed by atoms with Crippen LogP contribution in [0.15, 0.2) is 56.7 Å². The first-order valence-corrected chi connectivity index (χ1v) is 7.55. The average molecular weight is 326 g/mol. The SMILES string of the molecule is Cc1ccc(S(=O)(=O)c2cc(Br)ccc2N)cc1. The third kappa shape index (κ3) is 2.42. The Balaban J connectivity index is 2.61. The molecule has 0 spiro atoms. The maximum Gasteiger partial charge on any atom is 0.208 e. The first-order valence-electron chi connectivity index (χ1n) is 5.28. The molecule has 0 aliphatic carbocycles. The fourth-order valence-corrected chi connectivity index (χ4v) is 3.51. The van der Waals surface area contributed by atoms with Crippen molar-refractivity contribution in [2.45, 2.75) is 16.7 Å². The molecular formula is C13H12BrNO2S. The van der Waals surface area contributed by atoms with Crippen molar-refractivity contribution >= 4 is 31.5 Å². The van der Waals surface area contributed by atoms with Crippen molar-refractivity contribution in [1.82, 2.24) is 0 Å². The van der Waals surface area contributed by atoms with Crippen LogP contribution in [0.25, 0.3) is 0 Å². The molecule has 0 saturated carbocycles. The number of hydrogen-bond acceptors (Lipinski definition) is 3. The van der Waals surface area contributed by atoms with E-state index in [1.165, 1.54) is 6.07 Å². The minimum absolute atomic E-state index is 0.126. The zero-order chi connectivity index (χ0) is 13.3. The van der Waals surface area contributed by atoms with E-state index in [1.54, 1.807) is 36.4 Å². The highest BCUT2D eigenvalue weighted by Crippen LogP contribution is 2.28. The van der Waals surface area contributed by atoms with E-state index in [4.69, 9.17) is 5.73 Å². The molecule has 0 heterocycles. The molecule has 18 heavy (non-hydrogen) atoms. The second kappa shape index (κ2) is 4.74. The lowest BCUT2D eigenvalue weighted by Gasteiger charge is -2.08. The van der Waals surface area contributed by atoms with Gasteiger partial charge in [-0.15, -0.1) is 0 Å². The first kappa shape index (κ1) is 13.1. The standard InChI is InChI=1S/C13H12BrNO2S/c1-9-2-5-11(6-3-9)18(16,17)13-8-10(14)4-7-12(13)15/h2-8H,15H2,1H3. The van der Waals surface area contributed by atoms with Crippen molar-refractivity contribution in [3.63, 3.8) is 0 Å². The highest BCUT2D eigenvalue weighted by Gasteiger charge is 2.20. The predicted octanol–water partition coefficient (Wildman–Crippen LogP) is 3.17. The molecule has 0 aromatic heterocycles. The fraction of sp³-hybridized carbons (Fsp3) is 0.0769. The molecule has 0 unspecified atom stereocenters. The maximum atomic E-state index is 12.4. The second-order valence-corrected chi connectivity index (χ2v) is 6.83. The van der Waals surface area contributed by atoms with Crippen LogP contribution in [0.5, 0.6) is 0 Å². The Morgan fingerprint density at radius 3 is 2.28 bits per heavy atom. The Bertz CT molecular complexity index is 679. The van der Waals surface area contributed by atoms with Gasteiger partial charge < -0.3 is 5.73 Å². The van der Waals surface area contributed by atoms with Crippen molar-refractivity contribution in [2.75, 3.05) is 5.73 Å². The van der Waals surface area contributed by atoms with Gasteiger partial charge in [0.05, 0.1) is 15.5 Å². The lowest BCUT2D eigenvalue weighted by Crippen LogP contribution is -2.05. The highest BCUT2D eigenvalue weighted by molar-refractivity contribution is 9.10. The summed E-state index contributed by atoms with van der Waals surface area (Å²) in [6.07, 6.45) is 0. The Morgan fingerprint density at radius 1 is 1.06 bits per heavy atom. The molecule has 0 saturated heterocycles. The van der Waals surface area contributed by atoms with Crippen LogP contribution in [0.2, 0.25) is 0 Å². The van der Waals surface area contributed by atoms with Gasteiger partial charge in [-0.05, 0) is 37.3 Å². The summed E-state index contributed by atoms with van der Waals surface area (Å²) in [5.41, 5.74) is 7.00. The first-order chi connectivity index (χ1) is 8.41. The van der Waals surface area contributed by atoms with E-state index in [-0.39, 0.29) is 15.5 Å². The van der Waals surface area contributed by atoms with Gasteiger partial charge in [0.2, 0.25) is 9.84 Å². The molecule has 0 radical (unpaired) electrons. The lowest BCUT2D eigenvalue weighted by atomic mass is 10.2. The molecule has 0 amide bonds. The molecule has 2 aromatic rings. The van der Waals surface area contributed by atoms with E-state index >= 15 is 0 Å². The minimum Gasteiger partial charge on any atom is -0.398 e. The smallest absolute Gasteiger partial charge is 0.208 e. The summed E-state index contributed by atoms with van der Waals surface area (Å²) in [4.78, 5) is 0.374. The summed E-state index contributed by atoms with van der Waals surface area (Å²) in [6.45, 7) is 1.91. The molecule has 2 aromatic carbocycles. The van der Waals surface area contributed by atoms with Crippen molar-refractivity contribution in [3.05, 3.63) is 52.5 Å². The van der Waals surface area contributed by atoms with Crippen molar-refractivity contribution < 1.29 is 8.42 Å². The van der Waals surface area contributed by atoms with Crippen LogP contribution in [-0.2, 0) is 9.84 Å². The van der Waals surface area contributed by atoms with Gasteiger partial charge >= 0.3 is 0 Å². The lowest BCUT2D eigenvalue weighted by molar-refractivity contribution is 0.596. The second-order valence-electron chi connectivity index (χ2n) is 4.00. The van der Waals surface area contributed by atoms with Crippen molar-refractivity contribution in [3.8, 4) is 0 Å². The predicted molar refractivity (Wildman–Crippen MR) is 75.2 cm³/mol. The van der Waals surface area contributed by atoms with E-state index in [2.05, 4.69) is 15.9 Å². The number of halogens is 1. The Morgan fingerprint density at radius 2 is 1.67 bits per heavy atom. The molecule has 2 rings (SSSR count). The molecule has 2 N–H and O–H groups in total. The molecule has 5 heteroatoms. The quantitative estimate of drug-likeness (QED) is 0.862. The van der Waals surface area contributed by atoms with Crippen molar-refractivity contribution in [1.29, 1.82) is 0 Å². The summed E-state index contributed by atoms with van der Waals surface area (Å²) in [5.74, 6) is 0. The molecule has 0 aliphatic rings. The van der Waals surface area contributed by atoms with Crippen LogP contribution in [-0.4, -0.2) is 8.42 Å². The van der Waals surface area contributed by atoms with Gasteiger partial charge in [-0.1, -0.05) is 33.6 Å². The van der Waals surface area contributed by atoms with E-state index < -0.39 is 9.84 Å². The number of aryl methyl sites for hydroxylation is 1. The van der Waals surface area contributed by atoms with Gasteiger partial charge in [-0.3, -0.25) is 0 Å². The van der Waals surface area contributed by atoms with Gasteiger partial charge in [0.15, 0.2) is 0 Å². The topological polar surface area (TPSA) is 60.2 Å². The van der Waals surface area contributed by atoms with Gasteiger partial charge in [0.25, 0.3) is 0 Å². The van der Waals surface area contributed by atoms with Gasteiger partial charge in [-0.25, -0.2) is 8.42 Å². The van der Waals surface area contributed by atoms with E-state index in [0.29, 0.717) is 4.47 Å². The van der Waals surface area contributed by atoms with Gasteiger partial charge in [0.1, 0.15) is 0 Å². The van der Waals surface area contributed by atoms with E-state index in [0.717, 1.165) is 5.56 Å². The van der Waals surface area contributed by atoms with Crippen molar-refractivity contribution in [2.24, 2.45) is 0 Å². The molecule has 0 fully saturated rings. The Kier molecular flexibility index (Phi) is 3.45. The van der Waals surface area contributed by atoms with E-state index in [1.807, 2.05) is 6.92 Å². The maximum absolute atomic E-state index is 12.4. The summed E-state index contributed by atoms with van der Waals surface area (Å²) in [5, 5.41) is 0. The summed E-state index contributed by atoms with van der Waals surface area (Å²) in [7, 11) is -3.56. The van der Waals surface area contributed by atoms with Crippen LogP contribution < -0.4 is 5.73 Å². The zero-order valence-electron chi connectivity index (χ0n) is 9.72. The molecule has 0 bridgehead atoms. The monoisotopic (exact) mass is 325 g/mol. The number of hydrogen-bond donors (Lipinski definition) is 1. The molecule has 0 atom stereocenters. The molecule has 3 nitrogen and oxygen atoms in total. The summed E-state index contributed by atoms with van der Waals surface area (Å²) in [6, 6.07) is 11.5. The molecule has 0 aliphatic heterocycles. The Hall–Kier alpha value is -1.33. The summed E-state index contributed by atoms with van der Waals surface area (Å²) >= 11 is 3.25. The van der Waals surface area contributed by atoms with Gasteiger partial charge in [-0.2, -0.15) is 0 Å². The average Bonchev–Trinajstić information content (AvgIpc) is 2.32. The van der Waals surface area contributed by atoms with Crippen LogP contribution in [0.4, 0.5) is 5.69 Å². The molecular weight excluding hydrogens is 314 g/mol. The number of anilines is 1. The normalized spacial score (nSPS) is 11.4. The van der Waals surface area contributed by atoms with Crippen LogP contribution >= 0.6 is 15.9 Å². The number of nitrogen functional groups attached to an aromatic ring is 1. The fourth-order valence-electron chi connectivity index (χ4n) is 1.59. The number of benzene rings is 2. The number of rotatable bonds is 2. The molecule has 94 valence electrons.